The molecule has 2 aromatic rings. The Morgan fingerprint density at radius 1 is 1.15 bits per heavy atom. The Morgan fingerprint density at radius 2 is 1.85 bits per heavy atom. The van der Waals surface area contributed by atoms with Crippen molar-refractivity contribution in [1.82, 2.24) is 9.88 Å². The fraction of sp³-hybridized carbons (Fsp3) is 0.368. The topological polar surface area (TPSA) is 62.6 Å². The number of aromatic nitrogens is 1. The SMILES string of the molecule is O=C1C(=NCCN2CCCC2)CC(=O)c2sc(-c3c(F)cccc3F)nc21. The summed E-state index contributed by atoms with van der Waals surface area (Å²) < 4.78 is 28.0. The zero-order valence-electron chi connectivity index (χ0n) is 14.5. The molecular formula is C19H17F2N3O2S. The van der Waals surface area contributed by atoms with E-state index in [4.69, 9.17) is 0 Å². The second kappa shape index (κ2) is 7.36. The van der Waals surface area contributed by atoms with Crippen LogP contribution in [-0.4, -0.2) is 53.3 Å². The number of ketones is 2. The lowest BCUT2D eigenvalue weighted by molar-refractivity contribution is 0.0966. The van der Waals surface area contributed by atoms with Gasteiger partial charge in [0.2, 0.25) is 5.78 Å². The van der Waals surface area contributed by atoms with Crippen molar-refractivity contribution in [2.75, 3.05) is 26.2 Å². The minimum Gasteiger partial charge on any atom is -0.301 e. The minimum absolute atomic E-state index is 0.00406. The van der Waals surface area contributed by atoms with E-state index in [1.54, 1.807) is 0 Å². The van der Waals surface area contributed by atoms with Crippen molar-refractivity contribution in [3.05, 3.63) is 40.4 Å². The van der Waals surface area contributed by atoms with Gasteiger partial charge in [0.05, 0.1) is 24.2 Å². The van der Waals surface area contributed by atoms with E-state index >= 15 is 0 Å². The first-order valence-corrected chi connectivity index (χ1v) is 9.65. The van der Waals surface area contributed by atoms with Crippen LogP contribution in [0.1, 0.15) is 39.4 Å². The van der Waals surface area contributed by atoms with Crippen LogP contribution in [0, 0.1) is 11.6 Å². The maximum absolute atomic E-state index is 14.0. The van der Waals surface area contributed by atoms with Gasteiger partial charge in [0, 0.05) is 6.54 Å². The fourth-order valence-electron chi connectivity index (χ4n) is 3.38. The van der Waals surface area contributed by atoms with Crippen LogP contribution in [0.5, 0.6) is 0 Å². The van der Waals surface area contributed by atoms with Crippen LogP contribution in [0.15, 0.2) is 23.2 Å². The lowest BCUT2D eigenvalue weighted by Gasteiger charge is -2.14. The number of rotatable bonds is 4. The van der Waals surface area contributed by atoms with Crippen LogP contribution in [0.3, 0.4) is 0 Å². The normalized spacial score (nSPS) is 19.1. The molecule has 1 aromatic heterocycles. The van der Waals surface area contributed by atoms with Crippen molar-refractivity contribution in [2.45, 2.75) is 19.3 Å². The Bertz CT molecular complexity index is 928. The summed E-state index contributed by atoms with van der Waals surface area (Å²) in [5, 5.41) is -0.00406. The molecule has 1 aliphatic carbocycles. The molecule has 27 heavy (non-hydrogen) atoms. The molecule has 5 nitrogen and oxygen atoms in total. The molecular weight excluding hydrogens is 372 g/mol. The minimum atomic E-state index is -0.777. The van der Waals surface area contributed by atoms with Crippen molar-refractivity contribution in [3.8, 4) is 10.6 Å². The summed E-state index contributed by atoms with van der Waals surface area (Å²) in [4.78, 5) is 35.9. The van der Waals surface area contributed by atoms with Crippen LogP contribution >= 0.6 is 11.3 Å². The van der Waals surface area contributed by atoms with E-state index in [1.165, 1.54) is 18.9 Å². The summed E-state index contributed by atoms with van der Waals surface area (Å²) >= 11 is 0.850. The van der Waals surface area contributed by atoms with Crippen LogP contribution < -0.4 is 0 Å². The number of likely N-dealkylation sites (tertiary alicyclic amines) is 1. The summed E-state index contributed by atoms with van der Waals surface area (Å²) in [6.07, 6.45) is 2.25. The smallest absolute Gasteiger partial charge is 0.227 e. The van der Waals surface area contributed by atoms with Crippen molar-refractivity contribution < 1.29 is 18.4 Å². The molecule has 4 rings (SSSR count). The highest BCUT2D eigenvalue weighted by atomic mass is 32.1. The van der Waals surface area contributed by atoms with Gasteiger partial charge in [-0.1, -0.05) is 6.07 Å². The second-order valence-electron chi connectivity index (χ2n) is 6.60. The van der Waals surface area contributed by atoms with Crippen molar-refractivity contribution in [2.24, 2.45) is 4.99 Å². The molecule has 140 valence electrons. The summed E-state index contributed by atoms with van der Waals surface area (Å²) in [5.74, 6) is -2.27. The molecule has 1 fully saturated rings. The van der Waals surface area contributed by atoms with Crippen LogP contribution in [0.2, 0.25) is 0 Å². The van der Waals surface area contributed by atoms with E-state index in [0.717, 1.165) is 43.1 Å². The predicted molar refractivity (Wildman–Crippen MR) is 98.7 cm³/mol. The lowest BCUT2D eigenvalue weighted by atomic mass is 9.98. The number of nitrogens with zero attached hydrogens (tertiary/aromatic N) is 3. The number of Topliss-reactive ketones (excluding diaryl/α,β-unsaturated/α-hetero) is 2. The molecule has 0 bridgehead atoms. The molecule has 0 amide bonds. The predicted octanol–water partition coefficient (Wildman–Crippen LogP) is 3.39. The summed E-state index contributed by atoms with van der Waals surface area (Å²) in [7, 11) is 0. The summed E-state index contributed by atoms with van der Waals surface area (Å²) in [6.45, 7) is 3.26. The number of halogens is 2. The molecule has 0 atom stereocenters. The van der Waals surface area contributed by atoms with Crippen molar-refractivity contribution in [1.29, 1.82) is 0 Å². The monoisotopic (exact) mass is 389 g/mol. The van der Waals surface area contributed by atoms with E-state index < -0.39 is 17.4 Å². The number of hydrogen-bond donors (Lipinski definition) is 0. The average Bonchev–Trinajstić information content (AvgIpc) is 3.29. The quantitative estimate of drug-likeness (QED) is 0.804. The lowest BCUT2D eigenvalue weighted by Crippen LogP contribution is -2.28. The van der Waals surface area contributed by atoms with E-state index in [-0.39, 0.29) is 39.1 Å². The number of fused-ring (bicyclic) bond motifs is 1. The highest BCUT2D eigenvalue weighted by Crippen LogP contribution is 2.34. The van der Waals surface area contributed by atoms with Crippen LogP contribution in [0.4, 0.5) is 8.78 Å². The number of carbonyl (C=O) groups excluding carboxylic acids is 2. The Morgan fingerprint density at radius 3 is 2.56 bits per heavy atom. The number of hydrogen-bond acceptors (Lipinski definition) is 6. The van der Waals surface area contributed by atoms with Gasteiger partial charge in [-0.05, 0) is 38.1 Å². The molecule has 1 aromatic carbocycles. The van der Waals surface area contributed by atoms with Crippen LogP contribution in [-0.2, 0) is 0 Å². The van der Waals surface area contributed by atoms with Crippen LogP contribution in [0.25, 0.3) is 10.6 Å². The molecule has 8 heteroatoms. The number of benzene rings is 1. The highest BCUT2D eigenvalue weighted by Gasteiger charge is 2.34. The van der Waals surface area contributed by atoms with Gasteiger partial charge in [-0.3, -0.25) is 14.6 Å². The first kappa shape index (κ1) is 18.1. The Balaban J connectivity index is 1.60. The average molecular weight is 389 g/mol. The van der Waals surface area contributed by atoms with Gasteiger partial charge in [-0.25, -0.2) is 13.8 Å². The summed E-state index contributed by atoms with van der Waals surface area (Å²) in [5.41, 5.74) is -0.184. The molecule has 0 saturated carbocycles. The van der Waals surface area contributed by atoms with E-state index in [0.29, 0.717) is 6.54 Å². The molecule has 2 aliphatic rings. The molecule has 1 saturated heterocycles. The van der Waals surface area contributed by atoms with Gasteiger partial charge in [0.25, 0.3) is 0 Å². The summed E-state index contributed by atoms with van der Waals surface area (Å²) in [6, 6.07) is 3.49. The molecule has 2 heterocycles. The Hall–Kier alpha value is -2.32. The van der Waals surface area contributed by atoms with Crippen molar-refractivity contribution in [3.63, 3.8) is 0 Å². The zero-order valence-corrected chi connectivity index (χ0v) is 15.3. The number of carbonyl (C=O) groups is 2. The standard InChI is InChI=1S/C19H17F2N3O2S/c20-11-4-3-5-12(21)15(11)19-23-16-17(26)13(10-14(25)18(16)27-19)22-6-9-24-7-1-2-8-24/h3-5H,1-2,6-10H2. The van der Waals surface area contributed by atoms with E-state index in [1.807, 2.05) is 0 Å². The largest absolute Gasteiger partial charge is 0.301 e. The Kier molecular flexibility index (Phi) is 4.92. The third kappa shape index (κ3) is 3.46. The molecule has 0 radical (unpaired) electrons. The third-order valence-electron chi connectivity index (χ3n) is 4.78. The maximum atomic E-state index is 14.0. The van der Waals surface area contributed by atoms with Crippen molar-refractivity contribution >= 4 is 28.6 Å². The molecule has 0 spiro atoms. The van der Waals surface area contributed by atoms with Gasteiger partial charge < -0.3 is 4.90 Å². The van der Waals surface area contributed by atoms with Gasteiger partial charge in [-0.15, -0.1) is 11.3 Å². The number of aliphatic imine (C=N–C) groups is 1. The highest BCUT2D eigenvalue weighted by molar-refractivity contribution is 7.17. The van der Waals surface area contributed by atoms with Gasteiger partial charge in [0.15, 0.2) is 5.78 Å². The van der Waals surface area contributed by atoms with Gasteiger partial charge >= 0.3 is 0 Å². The fourth-order valence-corrected chi connectivity index (χ4v) is 4.43. The molecule has 0 N–H and O–H groups in total. The van der Waals surface area contributed by atoms with Gasteiger partial charge in [0.1, 0.15) is 27.2 Å². The number of thiazole rings is 1. The Labute approximate surface area is 158 Å². The first-order chi connectivity index (χ1) is 13.0. The molecule has 1 aliphatic heterocycles. The van der Waals surface area contributed by atoms with E-state index in [9.17, 15) is 18.4 Å². The van der Waals surface area contributed by atoms with Gasteiger partial charge in [-0.2, -0.15) is 0 Å². The first-order valence-electron chi connectivity index (χ1n) is 8.83. The second-order valence-corrected chi connectivity index (χ2v) is 7.60. The zero-order chi connectivity index (χ0) is 19.0. The van der Waals surface area contributed by atoms with E-state index in [2.05, 4.69) is 14.9 Å². The maximum Gasteiger partial charge on any atom is 0.227 e. The third-order valence-corrected chi connectivity index (χ3v) is 5.89. The molecule has 0 unspecified atom stereocenters.